The standard InChI is InChI=1S/C17H20BrIN2/c1-3-8-20-17(11-16-12(2)5-4-9-21-16)14-10-13(18)6-7-15(14)19/h4-7,9-10,17,20H,3,8,11H2,1-2H3. The lowest BCUT2D eigenvalue weighted by molar-refractivity contribution is 0.521. The van der Waals surface area contributed by atoms with Crippen molar-refractivity contribution >= 4 is 38.5 Å². The van der Waals surface area contributed by atoms with Crippen LogP contribution in [0, 0.1) is 10.5 Å². The average molecular weight is 459 g/mol. The Hall–Kier alpha value is -0.460. The lowest BCUT2D eigenvalue weighted by atomic mass is 9.99. The van der Waals surface area contributed by atoms with Crippen molar-refractivity contribution in [2.45, 2.75) is 32.7 Å². The Kier molecular flexibility index (Phi) is 6.64. The van der Waals surface area contributed by atoms with Crippen LogP contribution in [0.5, 0.6) is 0 Å². The molecule has 1 aromatic heterocycles. The summed E-state index contributed by atoms with van der Waals surface area (Å²) in [7, 11) is 0. The van der Waals surface area contributed by atoms with Gasteiger partial charge in [0.25, 0.3) is 0 Å². The molecule has 1 atom stereocenters. The molecule has 112 valence electrons. The number of pyridine rings is 1. The van der Waals surface area contributed by atoms with Crippen molar-refractivity contribution < 1.29 is 0 Å². The summed E-state index contributed by atoms with van der Waals surface area (Å²) >= 11 is 6.00. The highest BCUT2D eigenvalue weighted by atomic mass is 127. The zero-order valence-electron chi connectivity index (χ0n) is 12.4. The number of benzene rings is 1. The Bertz CT molecular complexity index is 601. The molecule has 0 saturated carbocycles. The van der Waals surface area contributed by atoms with Crippen LogP contribution in [-0.4, -0.2) is 11.5 Å². The molecular weight excluding hydrogens is 439 g/mol. The van der Waals surface area contributed by atoms with Crippen LogP contribution in [0.2, 0.25) is 0 Å². The third-order valence-electron chi connectivity index (χ3n) is 3.49. The second kappa shape index (κ2) is 8.25. The number of rotatable bonds is 6. The van der Waals surface area contributed by atoms with Gasteiger partial charge in [-0.1, -0.05) is 28.9 Å². The van der Waals surface area contributed by atoms with Crippen molar-refractivity contribution in [2.24, 2.45) is 0 Å². The van der Waals surface area contributed by atoms with Crippen molar-refractivity contribution in [3.63, 3.8) is 0 Å². The molecule has 2 nitrogen and oxygen atoms in total. The number of aryl methyl sites for hydroxylation is 1. The fourth-order valence-corrected chi connectivity index (χ4v) is 3.41. The molecule has 0 aliphatic carbocycles. The van der Waals surface area contributed by atoms with Crippen molar-refractivity contribution in [3.8, 4) is 0 Å². The maximum atomic E-state index is 4.55. The van der Waals surface area contributed by atoms with E-state index in [1.165, 1.54) is 20.4 Å². The van der Waals surface area contributed by atoms with Gasteiger partial charge in [-0.05, 0) is 77.9 Å². The van der Waals surface area contributed by atoms with Gasteiger partial charge in [-0.3, -0.25) is 4.98 Å². The van der Waals surface area contributed by atoms with Gasteiger partial charge in [-0.2, -0.15) is 0 Å². The van der Waals surface area contributed by atoms with Crippen LogP contribution in [0.25, 0.3) is 0 Å². The maximum Gasteiger partial charge on any atom is 0.0451 e. The minimum Gasteiger partial charge on any atom is -0.310 e. The van der Waals surface area contributed by atoms with Crippen molar-refractivity contribution in [3.05, 3.63) is 61.4 Å². The van der Waals surface area contributed by atoms with Gasteiger partial charge in [-0.25, -0.2) is 0 Å². The molecule has 4 heteroatoms. The van der Waals surface area contributed by atoms with E-state index in [9.17, 15) is 0 Å². The summed E-state index contributed by atoms with van der Waals surface area (Å²) in [6, 6.07) is 10.9. The predicted molar refractivity (Wildman–Crippen MR) is 101 cm³/mol. The van der Waals surface area contributed by atoms with Gasteiger partial charge in [0.1, 0.15) is 0 Å². The first-order chi connectivity index (χ1) is 10.1. The van der Waals surface area contributed by atoms with E-state index in [2.05, 4.69) is 86.9 Å². The summed E-state index contributed by atoms with van der Waals surface area (Å²) in [6.07, 6.45) is 3.92. The van der Waals surface area contributed by atoms with E-state index in [4.69, 9.17) is 0 Å². The van der Waals surface area contributed by atoms with Crippen LogP contribution < -0.4 is 5.32 Å². The summed E-state index contributed by atoms with van der Waals surface area (Å²) in [5, 5.41) is 3.66. The van der Waals surface area contributed by atoms with E-state index >= 15 is 0 Å². The number of nitrogens with one attached hydrogen (secondary N) is 1. The molecule has 0 amide bonds. The van der Waals surface area contributed by atoms with Crippen LogP contribution in [0.15, 0.2) is 41.0 Å². The van der Waals surface area contributed by atoms with Gasteiger partial charge < -0.3 is 5.32 Å². The van der Waals surface area contributed by atoms with Crippen LogP contribution >= 0.6 is 38.5 Å². The maximum absolute atomic E-state index is 4.55. The Labute approximate surface area is 149 Å². The summed E-state index contributed by atoms with van der Waals surface area (Å²) in [4.78, 5) is 4.55. The first-order valence-corrected chi connectivity index (χ1v) is 9.07. The van der Waals surface area contributed by atoms with Crippen LogP contribution in [-0.2, 0) is 6.42 Å². The summed E-state index contributed by atoms with van der Waals surface area (Å²) in [5.41, 5.74) is 3.76. The van der Waals surface area contributed by atoms with E-state index in [1.54, 1.807) is 0 Å². The molecule has 0 aliphatic heterocycles. The summed E-state index contributed by atoms with van der Waals surface area (Å²) in [5.74, 6) is 0. The number of aromatic nitrogens is 1. The monoisotopic (exact) mass is 458 g/mol. The average Bonchev–Trinajstić information content (AvgIpc) is 2.48. The minimum atomic E-state index is 0.294. The normalized spacial score (nSPS) is 12.4. The topological polar surface area (TPSA) is 24.9 Å². The fourth-order valence-electron chi connectivity index (χ4n) is 2.32. The van der Waals surface area contributed by atoms with Gasteiger partial charge >= 0.3 is 0 Å². The molecule has 1 heterocycles. The lowest BCUT2D eigenvalue weighted by Gasteiger charge is -2.21. The van der Waals surface area contributed by atoms with Crippen LogP contribution in [0.3, 0.4) is 0 Å². The third kappa shape index (κ3) is 4.76. The predicted octanol–water partition coefficient (Wildman–Crippen LogP) is 5.04. The highest BCUT2D eigenvalue weighted by molar-refractivity contribution is 14.1. The SMILES string of the molecule is CCCNC(Cc1ncccc1C)c1cc(Br)ccc1I. The van der Waals surface area contributed by atoms with Crippen molar-refractivity contribution in [2.75, 3.05) is 6.54 Å². The molecule has 1 unspecified atom stereocenters. The highest BCUT2D eigenvalue weighted by Gasteiger charge is 2.16. The molecule has 0 fully saturated rings. The summed E-state index contributed by atoms with van der Waals surface area (Å²) < 4.78 is 2.41. The van der Waals surface area contributed by atoms with E-state index in [-0.39, 0.29) is 0 Å². The second-order valence-corrected chi connectivity index (χ2v) is 7.22. The third-order valence-corrected chi connectivity index (χ3v) is 4.97. The minimum absolute atomic E-state index is 0.294. The first kappa shape index (κ1) is 16.9. The smallest absolute Gasteiger partial charge is 0.0451 e. The van der Waals surface area contributed by atoms with Crippen LogP contribution in [0.4, 0.5) is 0 Å². The van der Waals surface area contributed by atoms with E-state index in [0.29, 0.717) is 6.04 Å². The number of halogens is 2. The zero-order chi connectivity index (χ0) is 15.2. The largest absolute Gasteiger partial charge is 0.310 e. The molecule has 0 saturated heterocycles. The Morgan fingerprint density at radius 3 is 2.86 bits per heavy atom. The molecule has 2 rings (SSSR count). The number of hydrogen-bond donors (Lipinski definition) is 1. The molecular formula is C17H20BrIN2. The van der Waals surface area contributed by atoms with Gasteiger partial charge in [0, 0.05) is 32.4 Å². The van der Waals surface area contributed by atoms with Gasteiger partial charge in [0.15, 0.2) is 0 Å². The van der Waals surface area contributed by atoms with Crippen LogP contribution in [0.1, 0.15) is 36.2 Å². The van der Waals surface area contributed by atoms with Gasteiger partial charge in [0.05, 0.1) is 0 Å². The summed E-state index contributed by atoms with van der Waals surface area (Å²) in [6.45, 7) is 5.34. The molecule has 0 radical (unpaired) electrons. The first-order valence-electron chi connectivity index (χ1n) is 7.20. The quantitative estimate of drug-likeness (QED) is 0.613. The number of hydrogen-bond acceptors (Lipinski definition) is 2. The molecule has 21 heavy (non-hydrogen) atoms. The van der Waals surface area contributed by atoms with E-state index in [0.717, 1.165) is 23.9 Å². The zero-order valence-corrected chi connectivity index (χ0v) is 16.1. The molecule has 1 aromatic carbocycles. The molecule has 1 N–H and O–H groups in total. The Morgan fingerprint density at radius 1 is 1.33 bits per heavy atom. The lowest BCUT2D eigenvalue weighted by Crippen LogP contribution is -2.25. The second-order valence-electron chi connectivity index (χ2n) is 5.14. The molecule has 0 spiro atoms. The van der Waals surface area contributed by atoms with E-state index < -0.39 is 0 Å². The highest BCUT2D eigenvalue weighted by Crippen LogP contribution is 2.27. The molecule has 0 bridgehead atoms. The van der Waals surface area contributed by atoms with Crippen molar-refractivity contribution in [1.29, 1.82) is 0 Å². The Balaban J connectivity index is 2.30. The Morgan fingerprint density at radius 2 is 2.14 bits per heavy atom. The fraction of sp³-hybridized carbons (Fsp3) is 0.353. The number of nitrogens with zero attached hydrogens (tertiary/aromatic N) is 1. The van der Waals surface area contributed by atoms with E-state index in [1.807, 2.05) is 12.3 Å². The molecule has 2 aromatic rings. The van der Waals surface area contributed by atoms with Gasteiger partial charge in [0.2, 0.25) is 0 Å². The molecule has 0 aliphatic rings. The van der Waals surface area contributed by atoms with Gasteiger partial charge in [-0.15, -0.1) is 0 Å². The van der Waals surface area contributed by atoms with Crippen molar-refractivity contribution in [1.82, 2.24) is 10.3 Å².